The number of esters is 1. The van der Waals surface area contributed by atoms with Crippen LogP contribution in [0.25, 0.3) is 22.7 Å². The lowest BCUT2D eigenvalue weighted by molar-refractivity contribution is 0.0734. The molecule has 0 spiro atoms. The number of hydrogen-bond donors (Lipinski definition) is 0. The molecule has 4 aromatic rings. The fourth-order valence-corrected chi connectivity index (χ4v) is 2.93. The molecule has 0 aliphatic carbocycles. The largest absolute Gasteiger partial charge is 0.493 e. The third-order valence-corrected chi connectivity index (χ3v) is 4.35. The quantitative estimate of drug-likeness (QED) is 0.348. The summed E-state index contributed by atoms with van der Waals surface area (Å²) < 4.78 is 27.1. The Morgan fingerprint density at radius 1 is 0.933 bits per heavy atom. The van der Waals surface area contributed by atoms with Crippen molar-refractivity contribution in [1.29, 1.82) is 0 Å². The molecule has 2 heterocycles. The van der Waals surface area contributed by atoms with Crippen LogP contribution in [0.1, 0.15) is 10.4 Å². The van der Waals surface area contributed by atoms with Gasteiger partial charge in [0.1, 0.15) is 17.0 Å². The average molecular weight is 406 g/mol. The first-order chi connectivity index (χ1) is 14.6. The molecule has 0 bridgehead atoms. The van der Waals surface area contributed by atoms with Gasteiger partial charge in [-0.15, -0.1) is 0 Å². The number of hydrogen-bond acceptors (Lipinski definition) is 8. The van der Waals surface area contributed by atoms with Gasteiger partial charge in [0, 0.05) is 12.3 Å². The summed E-state index contributed by atoms with van der Waals surface area (Å²) in [4.78, 5) is 21.3. The predicted molar refractivity (Wildman–Crippen MR) is 108 cm³/mol. The zero-order valence-corrected chi connectivity index (χ0v) is 16.5. The number of oxazole rings is 1. The number of methoxy groups -OCH3 is 3. The highest BCUT2D eigenvalue weighted by atomic mass is 16.5. The minimum Gasteiger partial charge on any atom is -0.493 e. The first-order valence-corrected chi connectivity index (χ1v) is 8.97. The van der Waals surface area contributed by atoms with E-state index in [1.54, 1.807) is 30.5 Å². The fourth-order valence-electron chi connectivity index (χ4n) is 2.93. The van der Waals surface area contributed by atoms with Crippen LogP contribution in [-0.2, 0) is 0 Å². The number of rotatable bonds is 6. The van der Waals surface area contributed by atoms with Gasteiger partial charge in [0.2, 0.25) is 11.6 Å². The van der Waals surface area contributed by atoms with Gasteiger partial charge < -0.3 is 23.4 Å². The van der Waals surface area contributed by atoms with Crippen LogP contribution in [-0.4, -0.2) is 37.3 Å². The van der Waals surface area contributed by atoms with Gasteiger partial charge in [0.05, 0.1) is 26.9 Å². The molecule has 0 aliphatic rings. The van der Waals surface area contributed by atoms with Gasteiger partial charge in [-0.2, -0.15) is 0 Å². The SMILES string of the molecule is COc1cc(C(=O)Oc2ccc3nc(-c4ccccn4)oc3c2)cc(OC)c1OC. The molecule has 152 valence electrons. The van der Waals surface area contributed by atoms with Gasteiger partial charge >= 0.3 is 5.97 Å². The van der Waals surface area contributed by atoms with E-state index < -0.39 is 5.97 Å². The van der Waals surface area contributed by atoms with Crippen molar-refractivity contribution in [2.45, 2.75) is 0 Å². The number of aromatic nitrogens is 2. The molecule has 8 nitrogen and oxygen atoms in total. The van der Waals surface area contributed by atoms with Crippen LogP contribution >= 0.6 is 0 Å². The van der Waals surface area contributed by atoms with E-state index in [0.29, 0.717) is 45.7 Å². The summed E-state index contributed by atoms with van der Waals surface area (Å²) in [5, 5.41) is 0. The maximum atomic E-state index is 12.7. The number of nitrogens with zero attached hydrogens (tertiary/aromatic N) is 2. The fraction of sp³-hybridized carbons (Fsp3) is 0.136. The van der Waals surface area contributed by atoms with Crippen LogP contribution in [0, 0.1) is 0 Å². The maximum Gasteiger partial charge on any atom is 0.343 e. The molecule has 0 N–H and O–H groups in total. The molecule has 0 saturated carbocycles. The summed E-state index contributed by atoms with van der Waals surface area (Å²) in [6.07, 6.45) is 1.66. The monoisotopic (exact) mass is 406 g/mol. The third-order valence-electron chi connectivity index (χ3n) is 4.35. The molecule has 0 fully saturated rings. The van der Waals surface area contributed by atoms with Gasteiger partial charge in [-0.05, 0) is 36.4 Å². The Bertz CT molecular complexity index is 1180. The van der Waals surface area contributed by atoms with Crippen LogP contribution in [0.2, 0.25) is 0 Å². The Morgan fingerprint density at radius 2 is 1.70 bits per heavy atom. The molecule has 0 saturated heterocycles. The number of pyridine rings is 1. The van der Waals surface area contributed by atoms with Crippen molar-refractivity contribution in [2.24, 2.45) is 0 Å². The Balaban J connectivity index is 1.62. The van der Waals surface area contributed by atoms with Gasteiger partial charge in [-0.25, -0.2) is 9.78 Å². The van der Waals surface area contributed by atoms with E-state index in [4.69, 9.17) is 23.4 Å². The lowest BCUT2D eigenvalue weighted by Gasteiger charge is -2.13. The third kappa shape index (κ3) is 3.62. The predicted octanol–water partition coefficient (Wildman–Crippen LogP) is 4.13. The highest BCUT2D eigenvalue weighted by molar-refractivity contribution is 5.93. The Hall–Kier alpha value is -4.07. The van der Waals surface area contributed by atoms with E-state index in [1.807, 2.05) is 12.1 Å². The Morgan fingerprint density at radius 3 is 2.33 bits per heavy atom. The van der Waals surface area contributed by atoms with Crippen molar-refractivity contribution < 1.29 is 28.2 Å². The van der Waals surface area contributed by atoms with Crippen LogP contribution in [0.15, 0.2) is 59.1 Å². The van der Waals surface area contributed by atoms with Crippen molar-refractivity contribution in [3.8, 4) is 34.6 Å². The first-order valence-electron chi connectivity index (χ1n) is 8.97. The van der Waals surface area contributed by atoms with Crippen molar-refractivity contribution in [2.75, 3.05) is 21.3 Å². The highest BCUT2D eigenvalue weighted by Gasteiger charge is 2.19. The van der Waals surface area contributed by atoms with E-state index in [0.717, 1.165) is 0 Å². The summed E-state index contributed by atoms with van der Waals surface area (Å²) in [5.41, 5.74) is 1.97. The topological polar surface area (TPSA) is 92.9 Å². The second kappa shape index (κ2) is 8.12. The van der Waals surface area contributed by atoms with Crippen molar-refractivity contribution >= 4 is 17.1 Å². The number of carbonyl (C=O) groups is 1. The van der Waals surface area contributed by atoms with Gasteiger partial charge in [0.25, 0.3) is 0 Å². The van der Waals surface area contributed by atoms with Gasteiger partial charge in [-0.3, -0.25) is 4.98 Å². The van der Waals surface area contributed by atoms with Crippen LogP contribution in [0.3, 0.4) is 0 Å². The average Bonchev–Trinajstić information content (AvgIpc) is 3.22. The molecule has 0 amide bonds. The van der Waals surface area contributed by atoms with Crippen molar-refractivity contribution in [3.05, 3.63) is 60.3 Å². The standard InChI is InChI=1S/C22H18N2O6/c1-26-18-10-13(11-19(27-2)20(18)28-3)22(25)29-14-7-8-15-17(12-14)30-21(24-15)16-6-4-5-9-23-16/h4-12H,1-3H3. The normalized spacial score (nSPS) is 10.6. The Kier molecular flexibility index (Phi) is 5.21. The second-order valence-corrected chi connectivity index (χ2v) is 6.17. The lowest BCUT2D eigenvalue weighted by Crippen LogP contribution is -2.09. The molecular formula is C22H18N2O6. The minimum atomic E-state index is -0.585. The molecule has 4 rings (SSSR count). The van der Waals surface area contributed by atoms with E-state index in [2.05, 4.69) is 9.97 Å². The van der Waals surface area contributed by atoms with Crippen LogP contribution in [0.4, 0.5) is 0 Å². The summed E-state index contributed by atoms with van der Waals surface area (Å²) in [7, 11) is 4.44. The van der Waals surface area contributed by atoms with Crippen molar-refractivity contribution in [1.82, 2.24) is 9.97 Å². The summed E-state index contributed by atoms with van der Waals surface area (Å²) in [6.45, 7) is 0. The molecular weight excluding hydrogens is 388 g/mol. The second-order valence-electron chi connectivity index (χ2n) is 6.17. The number of ether oxygens (including phenoxy) is 4. The molecule has 0 atom stereocenters. The number of benzene rings is 2. The van der Waals surface area contributed by atoms with Crippen molar-refractivity contribution in [3.63, 3.8) is 0 Å². The summed E-state index contributed by atoms with van der Waals surface area (Å²) in [6, 6.07) is 13.5. The van der Waals surface area contributed by atoms with E-state index >= 15 is 0 Å². The summed E-state index contributed by atoms with van der Waals surface area (Å²) >= 11 is 0. The van der Waals surface area contributed by atoms with E-state index in [1.165, 1.54) is 33.5 Å². The molecule has 0 radical (unpaired) electrons. The van der Waals surface area contributed by atoms with E-state index in [-0.39, 0.29) is 5.56 Å². The molecule has 0 unspecified atom stereocenters. The molecule has 0 aliphatic heterocycles. The zero-order chi connectivity index (χ0) is 21.1. The zero-order valence-electron chi connectivity index (χ0n) is 16.5. The number of fused-ring (bicyclic) bond motifs is 1. The first kappa shape index (κ1) is 19.3. The smallest absolute Gasteiger partial charge is 0.343 e. The van der Waals surface area contributed by atoms with Crippen LogP contribution in [0.5, 0.6) is 23.0 Å². The van der Waals surface area contributed by atoms with Gasteiger partial charge in [-0.1, -0.05) is 6.07 Å². The Labute approximate surface area is 172 Å². The molecule has 8 heteroatoms. The molecule has 2 aromatic carbocycles. The number of carbonyl (C=O) groups excluding carboxylic acids is 1. The maximum absolute atomic E-state index is 12.7. The minimum absolute atomic E-state index is 0.247. The van der Waals surface area contributed by atoms with Crippen LogP contribution < -0.4 is 18.9 Å². The van der Waals surface area contributed by atoms with E-state index in [9.17, 15) is 4.79 Å². The highest BCUT2D eigenvalue weighted by Crippen LogP contribution is 2.38. The molecule has 30 heavy (non-hydrogen) atoms. The lowest BCUT2D eigenvalue weighted by atomic mass is 10.2. The summed E-state index contributed by atoms with van der Waals surface area (Å²) in [5.74, 6) is 1.22. The molecule has 2 aromatic heterocycles. The van der Waals surface area contributed by atoms with Gasteiger partial charge in [0.15, 0.2) is 17.1 Å².